The first-order chi connectivity index (χ1) is 5.57. The Kier molecular flexibility index (Phi) is 1.95. The number of carbonyl (C=O) groups excluding carboxylic acids is 1. The van der Waals surface area contributed by atoms with Crippen molar-refractivity contribution in [3.8, 4) is 0 Å². The van der Waals surface area contributed by atoms with Gasteiger partial charge >= 0.3 is 0 Å². The van der Waals surface area contributed by atoms with Gasteiger partial charge in [-0.2, -0.15) is 0 Å². The van der Waals surface area contributed by atoms with E-state index in [1.807, 2.05) is 0 Å². The van der Waals surface area contributed by atoms with E-state index in [9.17, 15) is 13.6 Å². The SMILES string of the molecule is Nc1cc(C=O)c(F)c(F)c1N. The van der Waals surface area contributed by atoms with Crippen LogP contribution in [-0.4, -0.2) is 6.29 Å². The van der Waals surface area contributed by atoms with E-state index in [-0.39, 0.29) is 12.0 Å². The van der Waals surface area contributed by atoms with Crippen LogP contribution in [0.5, 0.6) is 0 Å². The Morgan fingerprint density at radius 3 is 2.33 bits per heavy atom. The number of anilines is 2. The number of hydrogen-bond acceptors (Lipinski definition) is 3. The zero-order valence-electron chi connectivity index (χ0n) is 5.97. The molecular formula is C7H6F2N2O. The van der Waals surface area contributed by atoms with Gasteiger partial charge in [-0.3, -0.25) is 4.79 Å². The second-order valence-electron chi connectivity index (χ2n) is 2.21. The van der Waals surface area contributed by atoms with E-state index in [4.69, 9.17) is 11.5 Å². The molecule has 1 aromatic rings. The van der Waals surface area contributed by atoms with E-state index in [0.717, 1.165) is 6.07 Å². The van der Waals surface area contributed by atoms with Crippen molar-refractivity contribution in [2.75, 3.05) is 11.5 Å². The maximum absolute atomic E-state index is 12.7. The van der Waals surface area contributed by atoms with Gasteiger partial charge in [0.1, 0.15) is 0 Å². The Balaban J connectivity index is 3.49. The molecule has 1 aromatic carbocycles. The third-order valence-corrected chi connectivity index (χ3v) is 1.43. The highest BCUT2D eigenvalue weighted by molar-refractivity contribution is 5.80. The first kappa shape index (κ1) is 8.45. The largest absolute Gasteiger partial charge is 0.397 e. The predicted molar refractivity (Wildman–Crippen MR) is 40.6 cm³/mol. The van der Waals surface area contributed by atoms with Gasteiger partial charge in [-0.15, -0.1) is 0 Å². The Hall–Kier alpha value is -1.65. The lowest BCUT2D eigenvalue weighted by atomic mass is 10.1. The molecule has 4 N–H and O–H groups in total. The van der Waals surface area contributed by atoms with Crippen LogP contribution < -0.4 is 11.5 Å². The van der Waals surface area contributed by atoms with Crippen molar-refractivity contribution in [1.82, 2.24) is 0 Å². The molecule has 0 aliphatic carbocycles. The Morgan fingerprint density at radius 2 is 1.83 bits per heavy atom. The standard InChI is InChI=1S/C7H6F2N2O/c8-5-3(2-12)1-4(10)7(11)6(5)9/h1-2H,10-11H2. The fourth-order valence-electron chi connectivity index (χ4n) is 0.766. The summed E-state index contributed by atoms with van der Waals surface area (Å²) < 4.78 is 25.4. The number of nitrogens with two attached hydrogens (primary N) is 2. The number of aldehydes is 1. The van der Waals surface area contributed by atoms with Gasteiger partial charge < -0.3 is 11.5 Å². The second-order valence-corrected chi connectivity index (χ2v) is 2.21. The minimum absolute atomic E-state index is 0.143. The molecule has 5 heteroatoms. The van der Waals surface area contributed by atoms with Crippen LogP contribution in [0.4, 0.5) is 20.2 Å². The van der Waals surface area contributed by atoms with E-state index in [1.165, 1.54) is 0 Å². The van der Waals surface area contributed by atoms with Gasteiger partial charge in [0.15, 0.2) is 17.9 Å². The van der Waals surface area contributed by atoms with Crippen LogP contribution in [0.25, 0.3) is 0 Å². The molecule has 0 aliphatic rings. The summed E-state index contributed by atoms with van der Waals surface area (Å²) in [5, 5.41) is 0. The monoisotopic (exact) mass is 172 g/mol. The zero-order chi connectivity index (χ0) is 9.30. The quantitative estimate of drug-likeness (QED) is 0.489. The van der Waals surface area contributed by atoms with Gasteiger partial charge in [0, 0.05) is 0 Å². The van der Waals surface area contributed by atoms with Crippen LogP contribution in [0.1, 0.15) is 10.4 Å². The molecule has 0 saturated carbocycles. The fraction of sp³-hybridized carbons (Fsp3) is 0. The highest BCUT2D eigenvalue weighted by atomic mass is 19.2. The van der Waals surface area contributed by atoms with Crippen molar-refractivity contribution in [2.24, 2.45) is 0 Å². The van der Waals surface area contributed by atoms with Crippen LogP contribution in [0.3, 0.4) is 0 Å². The summed E-state index contributed by atoms with van der Waals surface area (Å²) in [6, 6.07) is 0.987. The molecule has 0 unspecified atom stereocenters. The third-order valence-electron chi connectivity index (χ3n) is 1.43. The third kappa shape index (κ3) is 1.09. The molecule has 0 aliphatic heterocycles. The van der Waals surface area contributed by atoms with Crippen molar-refractivity contribution in [1.29, 1.82) is 0 Å². The molecule has 0 saturated heterocycles. The maximum atomic E-state index is 12.7. The minimum Gasteiger partial charge on any atom is -0.397 e. The summed E-state index contributed by atoms with van der Waals surface area (Å²) in [5.41, 5.74) is 9.18. The van der Waals surface area contributed by atoms with E-state index >= 15 is 0 Å². The van der Waals surface area contributed by atoms with Crippen LogP contribution in [0.2, 0.25) is 0 Å². The second kappa shape index (κ2) is 2.77. The van der Waals surface area contributed by atoms with E-state index in [1.54, 1.807) is 0 Å². The molecule has 0 spiro atoms. The molecule has 12 heavy (non-hydrogen) atoms. The molecule has 0 bridgehead atoms. The number of halogens is 2. The Bertz CT molecular complexity index is 339. The van der Waals surface area contributed by atoms with Gasteiger partial charge in [0.25, 0.3) is 0 Å². The molecule has 0 atom stereocenters. The fourth-order valence-corrected chi connectivity index (χ4v) is 0.766. The molecule has 0 fully saturated rings. The summed E-state index contributed by atoms with van der Waals surface area (Å²) in [5.74, 6) is -2.55. The maximum Gasteiger partial charge on any atom is 0.184 e. The first-order valence-corrected chi connectivity index (χ1v) is 3.06. The lowest BCUT2D eigenvalue weighted by Crippen LogP contribution is -2.03. The lowest BCUT2D eigenvalue weighted by molar-refractivity contribution is 0.111. The van der Waals surface area contributed by atoms with Gasteiger partial charge in [0.05, 0.1) is 16.9 Å². The highest BCUT2D eigenvalue weighted by Gasteiger charge is 2.13. The average molecular weight is 172 g/mol. The summed E-state index contributed by atoms with van der Waals surface area (Å²) in [4.78, 5) is 10.1. The molecule has 3 nitrogen and oxygen atoms in total. The lowest BCUT2D eigenvalue weighted by Gasteiger charge is -2.03. The number of nitrogen functional groups attached to an aromatic ring is 2. The van der Waals surface area contributed by atoms with Crippen molar-refractivity contribution in [3.63, 3.8) is 0 Å². The summed E-state index contributed by atoms with van der Waals surface area (Å²) in [6.07, 6.45) is 0.175. The van der Waals surface area contributed by atoms with Crippen molar-refractivity contribution in [3.05, 3.63) is 23.3 Å². The number of rotatable bonds is 1. The summed E-state index contributed by atoms with van der Waals surface area (Å²) in [7, 11) is 0. The van der Waals surface area contributed by atoms with Crippen molar-refractivity contribution in [2.45, 2.75) is 0 Å². The normalized spacial score (nSPS) is 9.83. The minimum atomic E-state index is -1.28. The van der Waals surface area contributed by atoms with Gasteiger partial charge in [0.2, 0.25) is 0 Å². The molecule has 0 heterocycles. The van der Waals surface area contributed by atoms with Gasteiger partial charge in [-0.1, -0.05) is 0 Å². The Morgan fingerprint density at radius 1 is 1.25 bits per heavy atom. The van der Waals surface area contributed by atoms with Crippen molar-refractivity contribution < 1.29 is 13.6 Å². The van der Waals surface area contributed by atoms with Crippen molar-refractivity contribution >= 4 is 17.7 Å². The molecule has 1 rings (SSSR count). The average Bonchev–Trinajstić information content (AvgIpc) is 2.08. The van der Waals surface area contributed by atoms with Gasteiger partial charge in [-0.05, 0) is 6.07 Å². The van der Waals surface area contributed by atoms with Crippen LogP contribution in [0, 0.1) is 11.6 Å². The van der Waals surface area contributed by atoms with Crippen LogP contribution in [0.15, 0.2) is 6.07 Å². The predicted octanol–water partition coefficient (Wildman–Crippen LogP) is 0.942. The highest BCUT2D eigenvalue weighted by Crippen LogP contribution is 2.23. The molecular weight excluding hydrogens is 166 g/mol. The van der Waals surface area contributed by atoms with Gasteiger partial charge in [-0.25, -0.2) is 8.78 Å². The number of carbonyl (C=O) groups is 1. The van der Waals surface area contributed by atoms with Crippen LogP contribution >= 0.6 is 0 Å². The van der Waals surface area contributed by atoms with E-state index in [2.05, 4.69) is 0 Å². The summed E-state index contributed by atoms with van der Waals surface area (Å²) in [6.45, 7) is 0. The number of benzene rings is 1. The number of hydrogen-bond donors (Lipinski definition) is 2. The van der Waals surface area contributed by atoms with Crippen LogP contribution in [-0.2, 0) is 0 Å². The zero-order valence-corrected chi connectivity index (χ0v) is 5.97. The molecule has 0 radical (unpaired) electrons. The topological polar surface area (TPSA) is 69.1 Å². The molecule has 0 amide bonds. The molecule has 64 valence electrons. The first-order valence-electron chi connectivity index (χ1n) is 3.06. The van der Waals surface area contributed by atoms with E-state index < -0.39 is 22.9 Å². The summed E-state index contributed by atoms with van der Waals surface area (Å²) >= 11 is 0. The smallest absolute Gasteiger partial charge is 0.184 e. The molecule has 0 aromatic heterocycles. The Labute approximate surface area is 67.0 Å². The van der Waals surface area contributed by atoms with E-state index in [0.29, 0.717) is 0 Å².